The van der Waals surface area contributed by atoms with Crippen LogP contribution in [0.3, 0.4) is 0 Å². The molecule has 18 heteroatoms. The van der Waals surface area contributed by atoms with E-state index in [4.69, 9.17) is 9.84 Å². The summed E-state index contributed by atoms with van der Waals surface area (Å²) in [6.07, 6.45) is 1.70. The zero-order chi connectivity index (χ0) is 32.1. The molecule has 4 aromatic rings. The van der Waals surface area contributed by atoms with Gasteiger partial charge in [0, 0.05) is 35.5 Å². The van der Waals surface area contributed by atoms with Crippen molar-refractivity contribution in [2.75, 3.05) is 31.2 Å². The maximum atomic E-state index is 15.2. The average Bonchev–Trinajstić information content (AvgIpc) is 3.80. The first kappa shape index (κ1) is 31.4. The molecule has 0 saturated carbocycles. The standard InChI is InChI=1S/C27H30F2N9O7/c1-18(36-8-9-37(25(36)41)20-3-5-21(6-4-20)38-14-30-32-33-38)27(43,23-7-2-19(28)10-24(23)29)13-35-16-34(15-31-35)17-45-26(42)44-12-22(40)11-39/h2-7,10,14-16,18,22,39-40,43H,8-9,11-13,17H2,1H3/q+1/t18-,22+,27-/m1/s1. The Labute approximate surface area is 254 Å². The second-order valence-electron chi connectivity index (χ2n) is 10.3. The zero-order valence-corrected chi connectivity index (χ0v) is 23.9. The number of tetrazole rings is 1. The van der Waals surface area contributed by atoms with Crippen LogP contribution < -0.4 is 9.47 Å². The normalized spacial score (nSPS) is 16.0. The van der Waals surface area contributed by atoms with Gasteiger partial charge in [-0.05, 0) is 47.7 Å². The molecule has 1 aliphatic rings. The molecule has 0 radical (unpaired) electrons. The van der Waals surface area contributed by atoms with E-state index in [1.165, 1.54) is 42.7 Å². The van der Waals surface area contributed by atoms with Gasteiger partial charge in [-0.25, -0.2) is 27.6 Å². The van der Waals surface area contributed by atoms with Crippen molar-refractivity contribution < 1.29 is 47.7 Å². The number of halogens is 2. The van der Waals surface area contributed by atoms with Crippen LogP contribution in [0.4, 0.5) is 24.1 Å². The van der Waals surface area contributed by atoms with Gasteiger partial charge in [0.1, 0.15) is 42.8 Å². The Kier molecular flexibility index (Phi) is 9.26. The van der Waals surface area contributed by atoms with Crippen molar-refractivity contribution in [3.8, 4) is 5.69 Å². The van der Waals surface area contributed by atoms with Crippen LogP contribution in [0.5, 0.6) is 0 Å². The molecule has 1 fully saturated rings. The van der Waals surface area contributed by atoms with E-state index in [1.807, 2.05) is 0 Å². The number of hydrogen-bond donors (Lipinski definition) is 3. The van der Waals surface area contributed by atoms with Crippen molar-refractivity contribution in [1.82, 2.24) is 34.9 Å². The minimum Gasteiger partial charge on any atom is -0.431 e. The smallest absolute Gasteiger partial charge is 0.431 e. The Balaban J connectivity index is 1.33. The van der Waals surface area contributed by atoms with Crippen LogP contribution in [0, 0.1) is 11.6 Å². The van der Waals surface area contributed by atoms with E-state index in [-0.39, 0.29) is 31.9 Å². The number of amides is 2. The Bertz CT molecular complexity index is 1620. The summed E-state index contributed by atoms with van der Waals surface area (Å²) in [6.45, 7) is 0.232. The summed E-state index contributed by atoms with van der Waals surface area (Å²) in [5.74, 6) is -1.85. The maximum absolute atomic E-state index is 15.2. The molecule has 1 saturated heterocycles. The predicted octanol–water partition coefficient (Wildman–Crippen LogP) is 0.107. The SMILES string of the molecule is C[C@@H](N1CCN(c2ccc(-n3cnnn3)cc2)C1=O)[C@](O)(Cn1c[n+](COC(=O)OC[C@@H](O)CO)cn1)c1ccc(F)cc1F. The van der Waals surface area contributed by atoms with Crippen LogP contribution in [0.2, 0.25) is 0 Å². The van der Waals surface area contributed by atoms with E-state index in [2.05, 4.69) is 25.4 Å². The van der Waals surface area contributed by atoms with Gasteiger partial charge in [0.05, 0.1) is 18.3 Å². The van der Waals surface area contributed by atoms with Crippen molar-refractivity contribution in [1.29, 1.82) is 0 Å². The first-order chi connectivity index (χ1) is 21.6. The van der Waals surface area contributed by atoms with Crippen molar-refractivity contribution in [3.63, 3.8) is 0 Å². The molecular formula is C27H30F2N9O7+. The Morgan fingerprint density at radius 3 is 2.58 bits per heavy atom. The molecule has 238 valence electrons. The summed E-state index contributed by atoms with van der Waals surface area (Å²) < 4.78 is 42.7. The summed E-state index contributed by atoms with van der Waals surface area (Å²) in [6, 6.07) is 8.24. The fourth-order valence-electron chi connectivity index (χ4n) is 4.90. The lowest BCUT2D eigenvalue weighted by Crippen LogP contribution is -2.53. The largest absolute Gasteiger partial charge is 0.511 e. The van der Waals surface area contributed by atoms with Gasteiger partial charge in [-0.15, -0.1) is 9.78 Å². The summed E-state index contributed by atoms with van der Waals surface area (Å²) in [7, 11) is 0. The molecule has 1 aliphatic heterocycles. The second kappa shape index (κ2) is 13.3. The number of carbonyl (C=O) groups is 2. The van der Waals surface area contributed by atoms with Gasteiger partial charge in [0.15, 0.2) is 0 Å². The average molecular weight is 631 g/mol. The third kappa shape index (κ3) is 6.87. The van der Waals surface area contributed by atoms with E-state index in [1.54, 1.807) is 31.2 Å². The van der Waals surface area contributed by atoms with Crippen LogP contribution in [0.25, 0.3) is 5.69 Å². The van der Waals surface area contributed by atoms with Gasteiger partial charge in [0.2, 0.25) is 13.1 Å². The molecule has 0 bridgehead atoms. The minimum absolute atomic E-state index is 0.194. The number of anilines is 1. The topological polar surface area (TPSA) is 185 Å². The Hall–Kier alpha value is -5.07. The van der Waals surface area contributed by atoms with E-state index in [0.29, 0.717) is 17.4 Å². The highest BCUT2D eigenvalue weighted by Crippen LogP contribution is 2.35. The zero-order valence-electron chi connectivity index (χ0n) is 23.9. The van der Waals surface area contributed by atoms with E-state index in [0.717, 1.165) is 12.1 Å². The minimum atomic E-state index is -2.10. The summed E-state index contributed by atoms with van der Waals surface area (Å²) in [4.78, 5) is 28.3. The molecule has 2 aromatic carbocycles. The van der Waals surface area contributed by atoms with E-state index >= 15 is 4.39 Å². The highest BCUT2D eigenvalue weighted by Gasteiger charge is 2.47. The first-order valence-corrected chi connectivity index (χ1v) is 13.7. The quantitative estimate of drug-likeness (QED) is 0.143. The highest BCUT2D eigenvalue weighted by molar-refractivity contribution is 5.94. The molecule has 2 aromatic heterocycles. The number of aliphatic hydroxyl groups excluding tert-OH is 2. The molecule has 0 spiro atoms. The molecule has 16 nitrogen and oxygen atoms in total. The van der Waals surface area contributed by atoms with Crippen LogP contribution in [0.1, 0.15) is 12.5 Å². The maximum Gasteiger partial charge on any atom is 0.511 e. The molecule has 3 atom stereocenters. The first-order valence-electron chi connectivity index (χ1n) is 13.7. The molecule has 0 unspecified atom stereocenters. The monoisotopic (exact) mass is 630 g/mol. The van der Waals surface area contributed by atoms with Crippen molar-refractivity contribution in [2.45, 2.75) is 37.9 Å². The summed E-state index contributed by atoms with van der Waals surface area (Å²) in [5, 5.41) is 45.4. The Morgan fingerprint density at radius 1 is 1.13 bits per heavy atom. The van der Waals surface area contributed by atoms with Crippen LogP contribution in [-0.4, -0.2) is 101 Å². The van der Waals surface area contributed by atoms with Gasteiger partial charge in [-0.2, -0.15) is 0 Å². The number of nitrogens with zero attached hydrogens (tertiary/aromatic N) is 9. The molecular weight excluding hydrogens is 600 g/mol. The number of carbonyl (C=O) groups excluding carboxylic acids is 2. The van der Waals surface area contributed by atoms with E-state index < -0.39 is 54.8 Å². The fourth-order valence-corrected chi connectivity index (χ4v) is 4.90. The highest BCUT2D eigenvalue weighted by atomic mass is 19.1. The number of aromatic nitrogens is 7. The van der Waals surface area contributed by atoms with Gasteiger partial charge in [0.25, 0.3) is 6.33 Å². The second-order valence-corrected chi connectivity index (χ2v) is 10.3. The van der Waals surface area contributed by atoms with Gasteiger partial charge < -0.3 is 29.7 Å². The van der Waals surface area contributed by atoms with Crippen LogP contribution >= 0.6 is 0 Å². The predicted molar refractivity (Wildman–Crippen MR) is 146 cm³/mol. The number of ether oxygens (including phenoxy) is 2. The summed E-state index contributed by atoms with van der Waals surface area (Å²) >= 11 is 0. The van der Waals surface area contributed by atoms with Crippen molar-refractivity contribution in [3.05, 3.63) is 78.6 Å². The summed E-state index contributed by atoms with van der Waals surface area (Å²) in [5.41, 5.74) is -1.09. The Morgan fingerprint density at radius 2 is 1.89 bits per heavy atom. The number of rotatable bonds is 12. The molecule has 3 heterocycles. The van der Waals surface area contributed by atoms with E-state index in [9.17, 15) is 24.2 Å². The molecule has 0 aliphatic carbocycles. The molecule has 5 rings (SSSR count). The third-order valence-electron chi connectivity index (χ3n) is 7.34. The molecule has 3 N–H and O–H groups in total. The lowest BCUT2D eigenvalue weighted by molar-refractivity contribution is -0.728. The van der Waals surface area contributed by atoms with Gasteiger partial charge >= 0.3 is 12.2 Å². The number of benzene rings is 2. The van der Waals surface area contributed by atoms with Crippen molar-refractivity contribution >= 4 is 17.9 Å². The van der Waals surface area contributed by atoms with Gasteiger partial charge in [-0.1, -0.05) is 6.07 Å². The molecule has 45 heavy (non-hydrogen) atoms. The van der Waals surface area contributed by atoms with Crippen molar-refractivity contribution in [2.24, 2.45) is 0 Å². The van der Waals surface area contributed by atoms with Crippen LogP contribution in [0.15, 0.2) is 61.4 Å². The third-order valence-corrected chi connectivity index (χ3v) is 7.34. The lowest BCUT2D eigenvalue weighted by Gasteiger charge is -2.38. The number of aliphatic hydroxyl groups is 3. The fraction of sp³-hybridized carbons (Fsp3) is 0.370. The lowest BCUT2D eigenvalue weighted by atomic mass is 9.85. The molecule has 2 amide bonds. The number of urea groups is 1. The van der Waals surface area contributed by atoms with Gasteiger partial charge in [-0.3, -0.25) is 4.90 Å². The van der Waals surface area contributed by atoms with Crippen LogP contribution in [-0.2, 0) is 28.4 Å². The number of hydrogen-bond acceptors (Lipinski definition) is 11.